The predicted octanol–water partition coefficient (Wildman–Crippen LogP) is 10.1. The second kappa shape index (κ2) is 20.0. The third-order valence-corrected chi connectivity index (χ3v) is 6.75. The van der Waals surface area contributed by atoms with Gasteiger partial charge in [-0.05, 0) is 71.1 Å². The van der Waals surface area contributed by atoms with Crippen LogP contribution in [-0.2, 0) is 0 Å². The van der Waals surface area contributed by atoms with Crippen molar-refractivity contribution >= 4 is 11.0 Å². The normalized spacial score (nSPS) is 11.8. The standard InChI is InChI=1S/C35H52O5/c1-6-8-10-12-13-14-15-17-26-39-34-33(38-25-16-11-9-7-2)30-22-19-23-31(32(30)40-35(34)36)37-27-24-29(5)21-18-20-28(3)4/h9,11,19-20,22-24H,6-8,10,12-18,21,25-27H2,1-5H3/b11-9+,29-24+. The van der Waals surface area contributed by atoms with E-state index >= 15 is 0 Å². The van der Waals surface area contributed by atoms with Crippen molar-refractivity contribution in [3.63, 3.8) is 0 Å². The Morgan fingerprint density at radius 2 is 1.52 bits per heavy atom. The Morgan fingerprint density at radius 3 is 2.25 bits per heavy atom. The van der Waals surface area contributed by atoms with Crippen LogP contribution in [0.4, 0.5) is 0 Å². The van der Waals surface area contributed by atoms with E-state index in [1.807, 2.05) is 18.2 Å². The highest BCUT2D eigenvalue weighted by Crippen LogP contribution is 2.37. The Bertz CT molecular complexity index is 1130. The molecule has 0 spiro atoms. The lowest BCUT2D eigenvalue weighted by molar-refractivity contribution is 0.255. The first-order chi connectivity index (χ1) is 19.5. The van der Waals surface area contributed by atoms with Crippen molar-refractivity contribution in [2.45, 2.75) is 112 Å². The van der Waals surface area contributed by atoms with Gasteiger partial charge in [0, 0.05) is 0 Å². The molecule has 0 unspecified atom stereocenters. The van der Waals surface area contributed by atoms with Gasteiger partial charge in [-0.15, -0.1) is 0 Å². The van der Waals surface area contributed by atoms with Crippen molar-refractivity contribution < 1.29 is 18.6 Å². The van der Waals surface area contributed by atoms with E-state index in [4.69, 9.17) is 18.6 Å². The minimum Gasteiger partial charge on any atom is -0.488 e. The fraction of sp³-hybridized carbons (Fsp3) is 0.571. The predicted molar refractivity (Wildman–Crippen MR) is 168 cm³/mol. The molecule has 2 rings (SSSR count). The molecule has 5 heteroatoms. The largest absolute Gasteiger partial charge is 0.488 e. The summed E-state index contributed by atoms with van der Waals surface area (Å²) in [6, 6.07) is 5.62. The average Bonchev–Trinajstić information content (AvgIpc) is 2.93. The molecule has 5 nitrogen and oxygen atoms in total. The summed E-state index contributed by atoms with van der Waals surface area (Å²) < 4.78 is 24.0. The molecule has 0 N–H and O–H groups in total. The van der Waals surface area contributed by atoms with Crippen LogP contribution in [0.2, 0.25) is 0 Å². The summed E-state index contributed by atoms with van der Waals surface area (Å²) in [6.45, 7) is 12.0. The van der Waals surface area contributed by atoms with Gasteiger partial charge in [0.2, 0.25) is 5.75 Å². The van der Waals surface area contributed by atoms with Gasteiger partial charge in [0.15, 0.2) is 17.1 Å². The third-order valence-electron chi connectivity index (χ3n) is 6.75. The van der Waals surface area contributed by atoms with Gasteiger partial charge in [-0.1, -0.05) is 94.2 Å². The Kier molecular flexibility index (Phi) is 16.6. The van der Waals surface area contributed by atoms with Gasteiger partial charge in [0.25, 0.3) is 0 Å². The number of hydrogen-bond acceptors (Lipinski definition) is 5. The van der Waals surface area contributed by atoms with Crippen LogP contribution >= 0.6 is 0 Å². The first-order valence-electron chi connectivity index (χ1n) is 15.4. The molecule has 0 fully saturated rings. The highest BCUT2D eigenvalue weighted by Gasteiger charge is 2.20. The highest BCUT2D eigenvalue weighted by atomic mass is 16.5. The fourth-order valence-electron chi connectivity index (χ4n) is 4.42. The van der Waals surface area contributed by atoms with Crippen LogP contribution in [0.3, 0.4) is 0 Å². The van der Waals surface area contributed by atoms with Crippen LogP contribution in [0.1, 0.15) is 112 Å². The van der Waals surface area contributed by atoms with Gasteiger partial charge in [-0.25, -0.2) is 4.79 Å². The molecular formula is C35H52O5. The van der Waals surface area contributed by atoms with Crippen LogP contribution in [0.25, 0.3) is 11.0 Å². The maximum Gasteiger partial charge on any atom is 0.383 e. The lowest BCUT2D eigenvalue weighted by Gasteiger charge is -2.15. The summed E-state index contributed by atoms with van der Waals surface area (Å²) in [6.07, 6.45) is 21.9. The van der Waals surface area contributed by atoms with E-state index in [0.717, 1.165) is 38.5 Å². The molecule has 0 aliphatic carbocycles. The van der Waals surface area contributed by atoms with E-state index < -0.39 is 5.63 Å². The van der Waals surface area contributed by atoms with Crippen LogP contribution in [0, 0.1) is 0 Å². The van der Waals surface area contributed by atoms with Gasteiger partial charge in [-0.2, -0.15) is 0 Å². The van der Waals surface area contributed by atoms with Crippen molar-refractivity contribution in [2.24, 2.45) is 0 Å². The minimum absolute atomic E-state index is 0.155. The van der Waals surface area contributed by atoms with Gasteiger partial charge < -0.3 is 18.6 Å². The first-order valence-corrected chi connectivity index (χ1v) is 15.4. The second-order valence-electron chi connectivity index (χ2n) is 10.7. The number of unbranched alkanes of at least 4 members (excludes halogenated alkanes) is 7. The number of allylic oxidation sites excluding steroid dienone is 4. The van der Waals surface area contributed by atoms with Crippen molar-refractivity contribution in [3.05, 3.63) is 64.1 Å². The molecule has 0 aliphatic rings. The Labute approximate surface area is 242 Å². The number of fused-ring (bicyclic) bond motifs is 1. The maximum absolute atomic E-state index is 13.1. The smallest absolute Gasteiger partial charge is 0.383 e. The summed E-state index contributed by atoms with van der Waals surface area (Å²) in [5.74, 6) is 1.12. The Morgan fingerprint density at radius 1 is 0.800 bits per heavy atom. The molecule has 0 radical (unpaired) electrons. The monoisotopic (exact) mass is 552 g/mol. The molecule has 222 valence electrons. The van der Waals surface area contributed by atoms with Crippen LogP contribution in [-0.4, -0.2) is 19.8 Å². The molecule has 0 amide bonds. The summed E-state index contributed by atoms with van der Waals surface area (Å²) in [5.41, 5.74) is 2.45. The van der Waals surface area contributed by atoms with E-state index in [1.54, 1.807) is 0 Å². The van der Waals surface area contributed by atoms with Crippen molar-refractivity contribution in [1.29, 1.82) is 0 Å². The van der Waals surface area contributed by atoms with Gasteiger partial charge in [0.1, 0.15) is 6.61 Å². The van der Waals surface area contributed by atoms with E-state index in [0.29, 0.717) is 42.3 Å². The number of ether oxygens (including phenoxy) is 3. The summed E-state index contributed by atoms with van der Waals surface area (Å²) in [7, 11) is 0. The van der Waals surface area contributed by atoms with E-state index in [-0.39, 0.29) is 5.75 Å². The quantitative estimate of drug-likeness (QED) is 0.0876. The molecule has 0 bridgehead atoms. The van der Waals surface area contributed by atoms with Crippen molar-refractivity contribution in [1.82, 2.24) is 0 Å². The molecule has 40 heavy (non-hydrogen) atoms. The zero-order valence-corrected chi connectivity index (χ0v) is 25.7. The van der Waals surface area contributed by atoms with Gasteiger partial charge >= 0.3 is 5.63 Å². The summed E-state index contributed by atoms with van der Waals surface area (Å²) in [5, 5.41) is 0.687. The zero-order valence-electron chi connectivity index (χ0n) is 25.7. The molecule has 1 aromatic heterocycles. The summed E-state index contributed by atoms with van der Waals surface area (Å²) in [4.78, 5) is 13.1. The zero-order chi connectivity index (χ0) is 29.0. The van der Waals surface area contributed by atoms with Crippen LogP contribution in [0.5, 0.6) is 17.2 Å². The molecule has 1 aromatic carbocycles. The second-order valence-corrected chi connectivity index (χ2v) is 10.7. The Balaban J connectivity index is 2.14. The van der Waals surface area contributed by atoms with Crippen LogP contribution < -0.4 is 19.8 Å². The SMILES string of the molecule is CC/C=C/CCOc1c(OCCCCCCCCCC)c(=O)oc2c(OC/C=C(\C)CCC=C(C)C)cccc12. The van der Waals surface area contributed by atoms with Gasteiger partial charge in [-0.3, -0.25) is 0 Å². The molecule has 0 atom stereocenters. The molecular weight excluding hydrogens is 500 g/mol. The first kappa shape index (κ1) is 33.3. The molecule has 0 saturated heterocycles. The minimum atomic E-state index is -0.532. The summed E-state index contributed by atoms with van der Waals surface area (Å²) >= 11 is 0. The fourth-order valence-corrected chi connectivity index (χ4v) is 4.42. The van der Waals surface area contributed by atoms with Gasteiger partial charge in [0.05, 0.1) is 18.6 Å². The molecule has 1 heterocycles. The number of hydrogen-bond donors (Lipinski definition) is 0. The molecule has 0 saturated carbocycles. The number of para-hydroxylation sites is 1. The highest BCUT2D eigenvalue weighted by molar-refractivity contribution is 5.89. The van der Waals surface area contributed by atoms with Crippen molar-refractivity contribution in [2.75, 3.05) is 19.8 Å². The van der Waals surface area contributed by atoms with E-state index in [2.05, 4.69) is 58.9 Å². The molecule has 2 aromatic rings. The lowest BCUT2D eigenvalue weighted by Crippen LogP contribution is -2.12. The maximum atomic E-state index is 13.1. The topological polar surface area (TPSA) is 57.9 Å². The number of benzene rings is 1. The average molecular weight is 553 g/mol. The lowest BCUT2D eigenvalue weighted by atomic mass is 10.1. The third kappa shape index (κ3) is 12.5. The molecule has 0 aliphatic heterocycles. The van der Waals surface area contributed by atoms with E-state index in [9.17, 15) is 4.79 Å². The van der Waals surface area contributed by atoms with E-state index in [1.165, 1.54) is 49.7 Å². The Hall–Kier alpha value is -2.95. The van der Waals surface area contributed by atoms with Crippen LogP contribution in [0.15, 0.2) is 62.9 Å². The van der Waals surface area contributed by atoms with Crippen molar-refractivity contribution in [3.8, 4) is 17.2 Å². The number of rotatable bonds is 21.